The van der Waals surface area contributed by atoms with Crippen molar-refractivity contribution in [3.63, 3.8) is 0 Å². The molecule has 2 unspecified atom stereocenters. The third kappa shape index (κ3) is 2.99. The summed E-state index contributed by atoms with van der Waals surface area (Å²) in [7, 11) is 0. The van der Waals surface area contributed by atoms with Gasteiger partial charge in [-0.1, -0.05) is 13.8 Å². The largest absolute Gasteiger partial charge is 0.480 e. The van der Waals surface area contributed by atoms with Crippen molar-refractivity contribution in [2.24, 2.45) is 0 Å². The monoisotopic (exact) mass is 242 g/mol. The van der Waals surface area contributed by atoms with Gasteiger partial charge in [-0.25, -0.2) is 0 Å². The zero-order chi connectivity index (χ0) is 13.1. The minimum Gasteiger partial charge on any atom is -0.480 e. The number of piperazine rings is 1. The lowest BCUT2D eigenvalue weighted by Gasteiger charge is -2.44. The highest BCUT2D eigenvalue weighted by Gasteiger charge is 2.39. The number of aliphatic carboxylic acids is 1. The van der Waals surface area contributed by atoms with Gasteiger partial charge in [-0.05, 0) is 26.7 Å². The first-order chi connectivity index (χ1) is 7.95. The summed E-state index contributed by atoms with van der Waals surface area (Å²) in [5, 5.41) is 9.35. The van der Waals surface area contributed by atoms with Gasteiger partial charge in [0.1, 0.15) is 5.54 Å². The van der Waals surface area contributed by atoms with Crippen LogP contribution in [-0.2, 0) is 4.79 Å². The average molecular weight is 242 g/mol. The number of hydrogen-bond donors (Lipinski definition) is 1. The maximum Gasteiger partial charge on any atom is 0.323 e. The van der Waals surface area contributed by atoms with E-state index in [1.54, 1.807) is 0 Å². The second-order valence-electron chi connectivity index (χ2n) is 5.21. The number of hydrogen-bond acceptors (Lipinski definition) is 3. The van der Waals surface area contributed by atoms with Gasteiger partial charge in [0.25, 0.3) is 0 Å². The molecule has 17 heavy (non-hydrogen) atoms. The number of rotatable bonds is 5. The van der Waals surface area contributed by atoms with Gasteiger partial charge in [0.15, 0.2) is 0 Å². The SMILES string of the molecule is CCC(C)N1CCN(C(C)(CC)C(=O)O)CC1. The van der Waals surface area contributed by atoms with Crippen LogP contribution in [0.5, 0.6) is 0 Å². The van der Waals surface area contributed by atoms with Crippen molar-refractivity contribution in [1.82, 2.24) is 9.80 Å². The molecule has 0 aliphatic carbocycles. The van der Waals surface area contributed by atoms with E-state index in [0.717, 1.165) is 32.6 Å². The first-order valence-corrected chi connectivity index (χ1v) is 6.68. The highest BCUT2D eigenvalue weighted by molar-refractivity contribution is 5.78. The predicted octanol–water partition coefficient (Wildman–Crippen LogP) is 1.66. The molecule has 2 atom stereocenters. The molecule has 4 heteroatoms. The van der Waals surface area contributed by atoms with Gasteiger partial charge in [0.05, 0.1) is 0 Å². The van der Waals surface area contributed by atoms with E-state index in [-0.39, 0.29) is 0 Å². The molecule has 1 rings (SSSR count). The number of carboxylic acids is 1. The van der Waals surface area contributed by atoms with Gasteiger partial charge in [-0.2, -0.15) is 0 Å². The van der Waals surface area contributed by atoms with E-state index >= 15 is 0 Å². The second kappa shape index (κ2) is 5.83. The fraction of sp³-hybridized carbons (Fsp3) is 0.923. The zero-order valence-corrected chi connectivity index (χ0v) is 11.6. The first-order valence-electron chi connectivity index (χ1n) is 6.68. The van der Waals surface area contributed by atoms with Crippen LogP contribution in [-0.4, -0.2) is 58.6 Å². The number of carbonyl (C=O) groups is 1. The normalized spacial score (nSPS) is 24.2. The smallest absolute Gasteiger partial charge is 0.323 e. The molecule has 0 aromatic carbocycles. The van der Waals surface area contributed by atoms with E-state index in [1.165, 1.54) is 0 Å². The molecule has 0 aromatic rings. The third-order valence-corrected chi connectivity index (χ3v) is 4.38. The van der Waals surface area contributed by atoms with Crippen molar-refractivity contribution in [2.45, 2.75) is 52.1 Å². The van der Waals surface area contributed by atoms with Crippen molar-refractivity contribution in [1.29, 1.82) is 0 Å². The summed E-state index contributed by atoms with van der Waals surface area (Å²) in [5.74, 6) is -0.697. The molecular weight excluding hydrogens is 216 g/mol. The highest BCUT2D eigenvalue weighted by Crippen LogP contribution is 2.22. The summed E-state index contributed by atoms with van der Waals surface area (Å²) in [5.41, 5.74) is -0.693. The van der Waals surface area contributed by atoms with Crippen molar-refractivity contribution < 1.29 is 9.90 Å². The molecule has 0 radical (unpaired) electrons. The van der Waals surface area contributed by atoms with Crippen LogP contribution in [0.25, 0.3) is 0 Å². The molecule has 1 saturated heterocycles. The molecule has 1 aliphatic heterocycles. The third-order valence-electron chi connectivity index (χ3n) is 4.38. The second-order valence-corrected chi connectivity index (χ2v) is 5.21. The van der Waals surface area contributed by atoms with Crippen LogP contribution in [0.4, 0.5) is 0 Å². The molecule has 100 valence electrons. The fourth-order valence-electron chi connectivity index (χ4n) is 2.42. The number of nitrogens with zero attached hydrogens (tertiary/aromatic N) is 2. The Morgan fingerprint density at radius 1 is 1.29 bits per heavy atom. The van der Waals surface area contributed by atoms with E-state index in [4.69, 9.17) is 0 Å². The van der Waals surface area contributed by atoms with E-state index < -0.39 is 11.5 Å². The molecule has 1 heterocycles. The zero-order valence-electron chi connectivity index (χ0n) is 11.6. The molecule has 1 aliphatic rings. The Morgan fingerprint density at radius 2 is 1.82 bits per heavy atom. The van der Waals surface area contributed by atoms with E-state index in [1.807, 2.05) is 13.8 Å². The summed E-state index contributed by atoms with van der Waals surface area (Å²) in [4.78, 5) is 15.9. The Kier molecular flexibility index (Phi) is 4.95. The molecular formula is C13H26N2O2. The van der Waals surface area contributed by atoms with Crippen molar-refractivity contribution >= 4 is 5.97 Å². The van der Waals surface area contributed by atoms with Gasteiger partial charge < -0.3 is 5.11 Å². The van der Waals surface area contributed by atoms with E-state index in [2.05, 4.69) is 23.6 Å². The molecule has 0 bridgehead atoms. The first kappa shape index (κ1) is 14.5. The summed E-state index contributed by atoms with van der Waals surface area (Å²) >= 11 is 0. The molecule has 0 saturated carbocycles. The van der Waals surface area contributed by atoms with Gasteiger partial charge >= 0.3 is 5.97 Å². The van der Waals surface area contributed by atoms with Crippen LogP contribution >= 0.6 is 0 Å². The van der Waals surface area contributed by atoms with Crippen LogP contribution in [0.2, 0.25) is 0 Å². The quantitative estimate of drug-likeness (QED) is 0.796. The topological polar surface area (TPSA) is 43.8 Å². The van der Waals surface area contributed by atoms with Gasteiger partial charge in [-0.3, -0.25) is 14.6 Å². The summed E-state index contributed by atoms with van der Waals surface area (Å²) in [6.45, 7) is 11.9. The lowest BCUT2D eigenvalue weighted by Crippen LogP contribution is -2.60. The van der Waals surface area contributed by atoms with Crippen LogP contribution in [0, 0.1) is 0 Å². The maximum absolute atomic E-state index is 11.4. The maximum atomic E-state index is 11.4. The predicted molar refractivity (Wildman–Crippen MR) is 69.2 cm³/mol. The van der Waals surface area contributed by atoms with Crippen molar-refractivity contribution in [3.8, 4) is 0 Å². The van der Waals surface area contributed by atoms with Crippen LogP contribution in [0.3, 0.4) is 0 Å². The molecule has 1 fully saturated rings. The highest BCUT2D eigenvalue weighted by atomic mass is 16.4. The molecule has 0 spiro atoms. The molecule has 0 amide bonds. The van der Waals surface area contributed by atoms with Gasteiger partial charge in [0.2, 0.25) is 0 Å². The lowest BCUT2D eigenvalue weighted by molar-refractivity contribution is -0.152. The minimum atomic E-state index is -0.697. The summed E-state index contributed by atoms with van der Waals surface area (Å²) in [6, 6.07) is 0.606. The molecule has 4 nitrogen and oxygen atoms in total. The summed E-state index contributed by atoms with van der Waals surface area (Å²) in [6.07, 6.45) is 1.82. The minimum absolute atomic E-state index is 0.606. The Bertz CT molecular complexity index is 262. The van der Waals surface area contributed by atoms with E-state index in [0.29, 0.717) is 12.5 Å². The lowest BCUT2D eigenvalue weighted by atomic mass is 9.95. The molecule has 1 N–H and O–H groups in total. The average Bonchev–Trinajstić information content (AvgIpc) is 2.36. The van der Waals surface area contributed by atoms with Crippen LogP contribution in [0.15, 0.2) is 0 Å². The van der Waals surface area contributed by atoms with Crippen LogP contribution < -0.4 is 0 Å². The molecule has 0 aromatic heterocycles. The summed E-state index contributed by atoms with van der Waals surface area (Å²) < 4.78 is 0. The Balaban J connectivity index is 2.59. The Hall–Kier alpha value is -0.610. The van der Waals surface area contributed by atoms with E-state index in [9.17, 15) is 9.90 Å². The number of carboxylic acid groups (broad SMARTS) is 1. The van der Waals surface area contributed by atoms with Gasteiger partial charge in [0, 0.05) is 32.2 Å². The van der Waals surface area contributed by atoms with Gasteiger partial charge in [-0.15, -0.1) is 0 Å². The van der Waals surface area contributed by atoms with Crippen molar-refractivity contribution in [3.05, 3.63) is 0 Å². The fourth-order valence-corrected chi connectivity index (χ4v) is 2.42. The van der Waals surface area contributed by atoms with Crippen LogP contribution in [0.1, 0.15) is 40.5 Å². The Morgan fingerprint density at radius 3 is 2.18 bits per heavy atom. The van der Waals surface area contributed by atoms with Crippen molar-refractivity contribution in [2.75, 3.05) is 26.2 Å². The standard InChI is InChI=1S/C13H26N2O2/c1-5-11(3)14-7-9-15(10-8-14)13(4,6-2)12(16)17/h11H,5-10H2,1-4H3,(H,16,17). The Labute approximate surface area is 105 Å².